The van der Waals surface area contributed by atoms with Crippen LogP contribution in [0.15, 0.2) is 22.7 Å². The van der Waals surface area contributed by atoms with Crippen molar-refractivity contribution in [3.63, 3.8) is 0 Å². The van der Waals surface area contributed by atoms with Crippen molar-refractivity contribution in [3.8, 4) is 0 Å². The van der Waals surface area contributed by atoms with Crippen molar-refractivity contribution in [1.29, 1.82) is 0 Å². The van der Waals surface area contributed by atoms with Gasteiger partial charge in [-0.05, 0) is 50.5 Å². The van der Waals surface area contributed by atoms with Crippen LogP contribution in [0.2, 0.25) is 0 Å². The average molecular weight is 258 g/mol. The van der Waals surface area contributed by atoms with Crippen LogP contribution in [0.3, 0.4) is 0 Å². The molecule has 100 valence electrons. The van der Waals surface area contributed by atoms with E-state index < -0.39 is 0 Å². The molecule has 0 aliphatic heterocycles. The highest BCUT2D eigenvalue weighted by atomic mass is 16.5. The van der Waals surface area contributed by atoms with E-state index in [1.807, 2.05) is 32.9 Å². The van der Waals surface area contributed by atoms with Gasteiger partial charge in [-0.25, -0.2) is 0 Å². The SMILES string of the molecule is CCc1noc(C)c1C(=O)Nc1cc(C)cc(C)c1. The smallest absolute Gasteiger partial charge is 0.261 e. The lowest BCUT2D eigenvalue weighted by atomic mass is 10.1. The Labute approximate surface area is 112 Å². The Balaban J connectivity index is 2.28. The highest BCUT2D eigenvalue weighted by molar-refractivity contribution is 6.05. The molecule has 0 saturated carbocycles. The predicted octanol–water partition coefficient (Wildman–Crippen LogP) is 3.41. The summed E-state index contributed by atoms with van der Waals surface area (Å²) >= 11 is 0. The summed E-state index contributed by atoms with van der Waals surface area (Å²) in [5.41, 5.74) is 4.27. The summed E-state index contributed by atoms with van der Waals surface area (Å²) in [5.74, 6) is 0.388. The van der Waals surface area contributed by atoms with Crippen LogP contribution in [-0.2, 0) is 6.42 Å². The number of aromatic nitrogens is 1. The second-order valence-corrected chi connectivity index (χ2v) is 4.74. The van der Waals surface area contributed by atoms with Gasteiger partial charge in [-0.2, -0.15) is 0 Å². The third kappa shape index (κ3) is 2.84. The molecule has 1 aromatic carbocycles. The van der Waals surface area contributed by atoms with Gasteiger partial charge in [0.25, 0.3) is 5.91 Å². The number of benzene rings is 1. The number of rotatable bonds is 3. The summed E-state index contributed by atoms with van der Waals surface area (Å²) in [5, 5.41) is 6.80. The second-order valence-electron chi connectivity index (χ2n) is 4.74. The number of anilines is 1. The fraction of sp³-hybridized carbons (Fsp3) is 0.333. The molecule has 1 amide bonds. The summed E-state index contributed by atoms with van der Waals surface area (Å²) in [6.07, 6.45) is 0.674. The van der Waals surface area contributed by atoms with Gasteiger partial charge in [-0.3, -0.25) is 4.79 Å². The summed E-state index contributed by atoms with van der Waals surface area (Å²) in [7, 11) is 0. The molecule has 4 nitrogen and oxygen atoms in total. The minimum absolute atomic E-state index is 0.166. The fourth-order valence-corrected chi connectivity index (χ4v) is 2.19. The molecular weight excluding hydrogens is 240 g/mol. The topological polar surface area (TPSA) is 55.1 Å². The van der Waals surface area contributed by atoms with Crippen LogP contribution in [0, 0.1) is 20.8 Å². The Morgan fingerprint density at radius 1 is 1.21 bits per heavy atom. The summed E-state index contributed by atoms with van der Waals surface area (Å²) in [6.45, 7) is 7.71. The molecule has 0 atom stereocenters. The number of amides is 1. The lowest BCUT2D eigenvalue weighted by Crippen LogP contribution is -2.14. The van der Waals surface area contributed by atoms with Gasteiger partial charge in [0, 0.05) is 5.69 Å². The Morgan fingerprint density at radius 2 is 1.84 bits per heavy atom. The van der Waals surface area contributed by atoms with E-state index in [0.717, 1.165) is 16.8 Å². The minimum Gasteiger partial charge on any atom is -0.361 e. The zero-order valence-electron chi connectivity index (χ0n) is 11.7. The van der Waals surface area contributed by atoms with E-state index >= 15 is 0 Å². The third-order valence-corrected chi connectivity index (χ3v) is 2.97. The number of hydrogen-bond acceptors (Lipinski definition) is 3. The van der Waals surface area contributed by atoms with Crippen molar-refractivity contribution in [2.24, 2.45) is 0 Å². The summed E-state index contributed by atoms with van der Waals surface area (Å²) in [6, 6.07) is 5.95. The van der Waals surface area contributed by atoms with E-state index in [9.17, 15) is 4.79 Å². The Hall–Kier alpha value is -2.10. The first-order chi connectivity index (χ1) is 9.01. The number of carbonyl (C=O) groups is 1. The highest BCUT2D eigenvalue weighted by Gasteiger charge is 2.19. The molecule has 1 N–H and O–H groups in total. The summed E-state index contributed by atoms with van der Waals surface area (Å²) in [4.78, 5) is 12.3. The zero-order valence-corrected chi connectivity index (χ0v) is 11.7. The van der Waals surface area contributed by atoms with Crippen molar-refractivity contribution in [3.05, 3.63) is 46.3 Å². The molecule has 1 heterocycles. The molecule has 4 heteroatoms. The van der Waals surface area contributed by atoms with Crippen molar-refractivity contribution in [1.82, 2.24) is 5.16 Å². The molecule has 2 aromatic rings. The molecule has 0 fully saturated rings. The fourth-order valence-electron chi connectivity index (χ4n) is 2.19. The molecule has 0 bridgehead atoms. The van der Waals surface area contributed by atoms with Crippen LogP contribution >= 0.6 is 0 Å². The lowest BCUT2D eigenvalue weighted by Gasteiger charge is -2.07. The van der Waals surface area contributed by atoms with Gasteiger partial charge in [0.15, 0.2) is 0 Å². The zero-order chi connectivity index (χ0) is 14.0. The maximum Gasteiger partial charge on any atom is 0.261 e. The monoisotopic (exact) mass is 258 g/mol. The minimum atomic E-state index is -0.166. The van der Waals surface area contributed by atoms with Crippen LogP contribution in [0.25, 0.3) is 0 Å². The van der Waals surface area contributed by atoms with Crippen LogP contribution in [0.4, 0.5) is 5.69 Å². The first-order valence-corrected chi connectivity index (χ1v) is 6.36. The molecule has 0 saturated heterocycles. The Kier molecular flexibility index (Phi) is 3.69. The van der Waals surface area contributed by atoms with Crippen molar-refractivity contribution in [2.45, 2.75) is 34.1 Å². The van der Waals surface area contributed by atoms with Gasteiger partial charge in [-0.1, -0.05) is 18.1 Å². The maximum absolute atomic E-state index is 12.3. The van der Waals surface area contributed by atoms with Crippen molar-refractivity contribution in [2.75, 3.05) is 5.32 Å². The third-order valence-electron chi connectivity index (χ3n) is 2.97. The van der Waals surface area contributed by atoms with E-state index in [-0.39, 0.29) is 5.91 Å². The molecule has 1 aromatic heterocycles. The van der Waals surface area contributed by atoms with Gasteiger partial charge < -0.3 is 9.84 Å². The van der Waals surface area contributed by atoms with E-state index in [1.165, 1.54) is 0 Å². The van der Waals surface area contributed by atoms with E-state index in [0.29, 0.717) is 23.4 Å². The quantitative estimate of drug-likeness (QED) is 0.917. The summed E-state index contributed by atoms with van der Waals surface area (Å²) < 4.78 is 5.08. The molecule has 19 heavy (non-hydrogen) atoms. The number of nitrogens with zero attached hydrogens (tertiary/aromatic N) is 1. The Morgan fingerprint density at radius 3 is 2.42 bits per heavy atom. The molecule has 0 unspecified atom stereocenters. The first kappa shape index (κ1) is 13.3. The largest absolute Gasteiger partial charge is 0.361 e. The number of carbonyl (C=O) groups excluding carboxylic acids is 1. The first-order valence-electron chi connectivity index (χ1n) is 6.36. The van der Waals surface area contributed by atoms with Crippen LogP contribution < -0.4 is 5.32 Å². The number of hydrogen-bond donors (Lipinski definition) is 1. The number of aryl methyl sites for hydroxylation is 4. The molecular formula is C15H18N2O2. The highest BCUT2D eigenvalue weighted by Crippen LogP contribution is 2.18. The van der Waals surface area contributed by atoms with Gasteiger partial charge in [-0.15, -0.1) is 0 Å². The van der Waals surface area contributed by atoms with E-state index in [1.54, 1.807) is 6.92 Å². The molecule has 0 aliphatic carbocycles. The molecule has 2 rings (SSSR count). The van der Waals surface area contributed by atoms with E-state index in [2.05, 4.69) is 16.5 Å². The predicted molar refractivity (Wildman–Crippen MR) is 74.5 cm³/mol. The Bertz CT molecular complexity index is 594. The number of nitrogens with one attached hydrogen (secondary N) is 1. The van der Waals surface area contributed by atoms with Gasteiger partial charge in [0.05, 0.1) is 5.69 Å². The van der Waals surface area contributed by atoms with E-state index in [4.69, 9.17) is 4.52 Å². The average Bonchev–Trinajstić information content (AvgIpc) is 2.68. The molecule has 0 radical (unpaired) electrons. The van der Waals surface area contributed by atoms with Crippen LogP contribution in [0.1, 0.15) is 39.9 Å². The van der Waals surface area contributed by atoms with Crippen molar-refractivity contribution < 1.29 is 9.32 Å². The van der Waals surface area contributed by atoms with Gasteiger partial charge in [0.2, 0.25) is 0 Å². The van der Waals surface area contributed by atoms with Crippen LogP contribution in [-0.4, -0.2) is 11.1 Å². The molecule has 0 aliphatic rings. The van der Waals surface area contributed by atoms with Crippen molar-refractivity contribution >= 4 is 11.6 Å². The maximum atomic E-state index is 12.3. The normalized spacial score (nSPS) is 10.5. The second kappa shape index (κ2) is 5.26. The standard InChI is InChI=1S/C15H18N2O2/c1-5-13-14(11(4)19-17-13)15(18)16-12-7-9(2)6-10(3)8-12/h6-8H,5H2,1-4H3,(H,16,18). The molecule has 0 spiro atoms. The lowest BCUT2D eigenvalue weighted by molar-refractivity contribution is 0.102. The van der Waals surface area contributed by atoms with Crippen LogP contribution in [0.5, 0.6) is 0 Å². The van der Waals surface area contributed by atoms with Gasteiger partial charge in [0.1, 0.15) is 11.3 Å². The van der Waals surface area contributed by atoms with Gasteiger partial charge >= 0.3 is 0 Å².